The molecule has 1 atom stereocenters. The minimum Gasteiger partial charge on any atom is -0.449 e. The molecule has 0 aliphatic rings. The van der Waals surface area contributed by atoms with Crippen molar-refractivity contribution in [2.75, 3.05) is 16.3 Å². The minimum atomic E-state index is -3.60. The van der Waals surface area contributed by atoms with Gasteiger partial charge in [-0.3, -0.25) is 9.52 Å². The van der Waals surface area contributed by atoms with Gasteiger partial charge in [0.1, 0.15) is 5.82 Å². The first-order chi connectivity index (χ1) is 12.2. The van der Waals surface area contributed by atoms with Gasteiger partial charge in [-0.2, -0.15) is 0 Å². The number of esters is 1. The second-order valence-corrected chi connectivity index (χ2v) is 7.22. The van der Waals surface area contributed by atoms with Gasteiger partial charge in [0, 0.05) is 5.69 Å². The molecule has 2 aromatic carbocycles. The Balaban J connectivity index is 2.08. The summed E-state index contributed by atoms with van der Waals surface area (Å²) < 4.78 is 43.2. The molecule has 0 radical (unpaired) electrons. The maximum Gasteiger partial charge on any atom is 0.341 e. The second kappa shape index (κ2) is 7.96. The predicted molar refractivity (Wildman–Crippen MR) is 94.8 cm³/mol. The number of sulfonamides is 1. The number of ether oxygens (including phenoxy) is 1. The summed E-state index contributed by atoms with van der Waals surface area (Å²) in [6, 6.07) is 11.1. The van der Waals surface area contributed by atoms with Gasteiger partial charge in [0.25, 0.3) is 5.91 Å². The van der Waals surface area contributed by atoms with Gasteiger partial charge >= 0.3 is 5.97 Å². The van der Waals surface area contributed by atoms with Gasteiger partial charge in [-0.1, -0.05) is 18.2 Å². The molecule has 0 heterocycles. The van der Waals surface area contributed by atoms with E-state index in [1.54, 1.807) is 6.07 Å². The number of hydrogen-bond donors (Lipinski definition) is 2. The summed E-state index contributed by atoms with van der Waals surface area (Å²) in [6.07, 6.45) is -0.235. The Hall–Kier alpha value is -2.94. The maximum absolute atomic E-state index is 13.1. The molecule has 2 aromatic rings. The highest BCUT2D eigenvalue weighted by atomic mass is 32.2. The van der Waals surface area contributed by atoms with Crippen LogP contribution in [0.25, 0.3) is 0 Å². The molecule has 7 nitrogen and oxygen atoms in total. The fraction of sp³-hybridized carbons (Fsp3) is 0.176. The monoisotopic (exact) mass is 380 g/mol. The largest absolute Gasteiger partial charge is 0.449 e. The van der Waals surface area contributed by atoms with Crippen LogP contribution in [0.1, 0.15) is 17.3 Å². The van der Waals surface area contributed by atoms with Crippen molar-refractivity contribution in [1.82, 2.24) is 0 Å². The lowest BCUT2D eigenvalue weighted by molar-refractivity contribution is -0.123. The fourth-order valence-corrected chi connectivity index (χ4v) is 2.62. The molecule has 0 saturated heterocycles. The smallest absolute Gasteiger partial charge is 0.341 e. The zero-order chi connectivity index (χ0) is 19.3. The standard InChI is InChI=1S/C17H17FN2O5S/c1-11(16(21)19-13-7-5-6-12(18)10-13)25-17(22)14-8-3-4-9-15(14)20-26(2,23)24/h3-11,20H,1-2H3,(H,19,21)/t11-/m0/s1. The van der Waals surface area contributed by atoms with Crippen molar-refractivity contribution in [1.29, 1.82) is 0 Å². The Bertz CT molecular complexity index is 930. The fourth-order valence-electron chi connectivity index (χ4n) is 2.04. The Morgan fingerprint density at radius 3 is 2.46 bits per heavy atom. The van der Waals surface area contributed by atoms with Gasteiger partial charge in [0.15, 0.2) is 6.10 Å². The molecule has 0 bridgehead atoms. The Labute approximate surface area is 150 Å². The highest BCUT2D eigenvalue weighted by molar-refractivity contribution is 7.92. The molecule has 0 aliphatic heterocycles. The van der Waals surface area contributed by atoms with E-state index in [1.165, 1.54) is 43.3 Å². The second-order valence-electron chi connectivity index (χ2n) is 5.47. The predicted octanol–water partition coefficient (Wildman–Crippen LogP) is 2.38. The molecule has 0 spiro atoms. The van der Waals surface area contributed by atoms with Crippen LogP contribution in [-0.4, -0.2) is 32.7 Å². The average Bonchev–Trinajstić information content (AvgIpc) is 2.53. The molecule has 9 heteroatoms. The van der Waals surface area contributed by atoms with Crippen LogP contribution < -0.4 is 10.0 Å². The highest BCUT2D eigenvalue weighted by Gasteiger charge is 2.21. The van der Waals surface area contributed by atoms with E-state index in [0.29, 0.717) is 0 Å². The number of benzene rings is 2. The molecule has 138 valence electrons. The molecule has 2 N–H and O–H groups in total. The lowest BCUT2D eigenvalue weighted by Crippen LogP contribution is -2.30. The van der Waals surface area contributed by atoms with E-state index in [9.17, 15) is 22.4 Å². The van der Waals surface area contributed by atoms with Gasteiger partial charge in [-0.05, 0) is 37.3 Å². The molecular formula is C17H17FN2O5S. The Kier molecular flexibility index (Phi) is 5.93. The molecule has 2 rings (SSSR count). The third-order valence-electron chi connectivity index (χ3n) is 3.19. The summed E-state index contributed by atoms with van der Waals surface area (Å²) in [5.41, 5.74) is 0.220. The van der Waals surface area contributed by atoms with Crippen LogP contribution in [-0.2, 0) is 19.6 Å². The van der Waals surface area contributed by atoms with Gasteiger partial charge < -0.3 is 10.1 Å². The SMILES string of the molecule is C[C@H](OC(=O)c1ccccc1NS(C)(=O)=O)C(=O)Nc1cccc(F)c1. The number of amides is 1. The summed E-state index contributed by atoms with van der Waals surface area (Å²) in [7, 11) is -3.60. The number of rotatable bonds is 6. The first-order valence-corrected chi connectivity index (χ1v) is 9.39. The zero-order valence-electron chi connectivity index (χ0n) is 14.0. The van der Waals surface area contributed by atoms with E-state index < -0.39 is 33.8 Å². The Morgan fingerprint density at radius 1 is 1.12 bits per heavy atom. The number of nitrogens with one attached hydrogen (secondary N) is 2. The van der Waals surface area contributed by atoms with Crippen molar-refractivity contribution in [2.45, 2.75) is 13.0 Å². The third kappa shape index (κ3) is 5.55. The molecule has 0 fully saturated rings. The number of anilines is 2. The van der Waals surface area contributed by atoms with E-state index in [4.69, 9.17) is 4.74 Å². The molecule has 0 unspecified atom stereocenters. The number of halogens is 1. The maximum atomic E-state index is 13.1. The van der Waals surface area contributed by atoms with Crippen LogP contribution in [0.3, 0.4) is 0 Å². The molecule has 26 heavy (non-hydrogen) atoms. The summed E-state index contributed by atoms with van der Waals surface area (Å²) >= 11 is 0. The quantitative estimate of drug-likeness (QED) is 0.749. The lowest BCUT2D eigenvalue weighted by atomic mass is 10.2. The van der Waals surface area contributed by atoms with Crippen LogP contribution in [0.4, 0.5) is 15.8 Å². The minimum absolute atomic E-state index is 0.0386. The van der Waals surface area contributed by atoms with Crippen LogP contribution >= 0.6 is 0 Å². The van der Waals surface area contributed by atoms with Crippen molar-refractivity contribution in [3.8, 4) is 0 Å². The molecule has 0 aromatic heterocycles. The first-order valence-electron chi connectivity index (χ1n) is 7.50. The summed E-state index contributed by atoms with van der Waals surface area (Å²) in [5, 5.41) is 2.42. The molecule has 1 amide bonds. The number of carbonyl (C=O) groups excluding carboxylic acids is 2. The van der Waals surface area contributed by atoms with Crippen molar-refractivity contribution in [3.05, 3.63) is 59.9 Å². The van der Waals surface area contributed by atoms with Crippen LogP contribution in [0, 0.1) is 5.82 Å². The summed E-state index contributed by atoms with van der Waals surface area (Å²) in [6.45, 7) is 1.35. The average molecular weight is 380 g/mol. The number of para-hydroxylation sites is 1. The van der Waals surface area contributed by atoms with Crippen LogP contribution in [0.15, 0.2) is 48.5 Å². The molecule has 0 aliphatic carbocycles. The van der Waals surface area contributed by atoms with Crippen molar-refractivity contribution in [2.24, 2.45) is 0 Å². The van der Waals surface area contributed by atoms with Crippen molar-refractivity contribution < 1.29 is 27.1 Å². The van der Waals surface area contributed by atoms with Crippen molar-refractivity contribution >= 4 is 33.3 Å². The number of hydrogen-bond acceptors (Lipinski definition) is 5. The normalized spacial score (nSPS) is 12.1. The highest BCUT2D eigenvalue weighted by Crippen LogP contribution is 2.18. The van der Waals surface area contributed by atoms with E-state index in [0.717, 1.165) is 12.3 Å². The van der Waals surface area contributed by atoms with E-state index in [-0.39, 0.29) is 16.9 Å². The molecule has 0 saturated carbocycles. The van der Waals surface area contributed by atoms with Crippen LogP contribution in [0.5, 0.6) is 0 Å². The van der Waals surface area contributed by atoms with E-state index in [1.807, 2.05) is 0 Å². The summed E-state index contributed by atoms with van der Waals surface area (Å²) in [4.78, 5) is 24.4. The van der Waals surface area contributed by atoms with Gasteiger partial charge in [-0.15, -0.1) is 0 Å². The van der Waals surface area contributed by atoms with Gasteiger partial charge in [0.05, 0.1) is 17.5 Å². The van der Waals surface area contributed by atoms with Crippen LogP contribution in [0.2, 0.25) is 0 Å². The topological polar surface area (TPSA) is 102 Å². The number of carbonyl (C=O) groups is 2. The van der Waals surface area contributed by atoms with Crippen molar-refractivity contribution in [3.63, 3.8) is 0 Å². The molecular weight excluding hydrogens is 363 g/mol. The lowest BCUT2D eigenvalue weighted by Gasteiger charge is -2.15. The third-order valence-corrected chi connectivity index (χ3v) is 3.78. The van der Waals surface area contributed by atoms with E-state index in [2.05, 4.69) is 10.0 Å². The Morgan fingerprint density at radius 2 is 1.81 bits per heavy atom. The zero-order valence-corrected chi connectivity index (χ0v) is 14.8. The first kappa shape index (κ1) is 19.4. The summed E-state index contributed by atoms with van der Waals surface area (Å²) in [5.74, 6) is -2.05. The van der Waals surface area contributed by atoms with E-state index >= 15 is 0 Å². The van der Waals surface area contributed by atoms with Gasteiger partial charge in [-0.25, -0.2) is 17.6 Å². The van der Waals surface area contributed by atoms with Gasteiger partial charge in [0.2, 0.25) is 10.0 Å².